The number of nitrogens with one attached hydrogen (secondary N) is 1. The highest BCUT2D eigenvalue weighted by Crippen LogP contribution is 2.32. The maximum atomic E-state index is 14.8. The predicted octanol–water partition coefficient (Wildman–Crippen LogP) is 3.24. The second kappa shape index (κ2) is 8.31. The summed E-state index contributed by atoms with van der Waals surface area (Å²) in [4.78, 5) is 25.1. The number of fused-ring (bicyclic) bond motifs is 1. The average molecular weight is 472 g/mol. The first-order chi connectivity index (χ1) is 15.8. The lowest BCUT2D eigenvalue weighted by Gasteiger charge is -2.26. The van der Waals surface area contributed by atoms with Gasteiger partial charge in [-0.25, -0.2) is 27.8 Å². The van der Waals surface area contributed by atoms with Crippen molar-refractivity contribution in [3.8, 4) is 11.4 Å². The molecule has 0 bridgehead atoms. The Morgan fingerprint density at radius 1 is 1.18 bits per heavy atom. The van der Waals surface area contributed by atoms with E-state index in [4.69, 9.17) is 4.74 Å². The van der Waals surface area contributed by atoms with E-state index < -0.39 is 15.7 Å². The number of sulfone groups is 1. The van der Waals surface area contributed by atoms with E-state index >= 15 is 0 Å². The van der Waals surface area contributed by atoms with Crippen LogP contribution in [0.5, 0.6) is 0 Å². The largest absolute Gasteiger partial charge is 0.381 e. The zero-order valence-corrected chi connectivity index (χ0v) is 18.7. The Balaban J connectivity index is 1.49. The molecule has 1 N–H and O–H groups in total. The summed E-state index contributed by atoms with van der Waals surface area (Å²) in [6, 6.07) is 4.54. The number of hydrogen-bond donors (Lipinski definition) is 1. The molecule has 9 nitrogen and oxygen atoms in total. The van der Waals surface area contributed by atoms with Crippen LogP contribution in [-0.4, -0.2) is 52.7 Å². The number of halogens is 1. The molecule has 172 valence electrons. The summed E-state index contributed by atoms with van der Waals surface area (Å²) in [5, 5.41) is 2.96. The van der Waals surface area contributed by atoms with E-state index in [1.54, 1.807) is 6.20 Å². The fourth-order valence-electron chi connectivity index (χ4n) is 4.34. The van der Waals surface area contributed by atoms with Crippen LogP contribution in [0, 0.1) is 12.7 Å². The smallest absolute Gasteiger partial charge is 0.227 e. The lowest BCUT2D eigenvalue weighted by Crippen LogP contribution is -2.21. The molecule has 33 heavy (non-hydrogen) atoms. The molecule has 0 saturated carbocycles. The van der Waals surface area contributed by atoms with Gasteiger partial charge in [-0.1, -0.05) is 0 Å². The number of aromatic nitrogens is 4. The molecule has 3 aromatic rings. The van der Waals surface area contributed by atoms with Gasteiger partial charge in [-0.15, -0.1) is 0 Å². The summed E-state index contributed by atoms with van der Waals surface area (Å²) in [6.07, 6.45) is 4.23. The van der Waals surface area contributed by atoms with Crippen molar-refractivity contribution in [2.24, 2.45) is 0 Å². The van der Waals surface area contributed by atoms with Crippen molar-refractivity contribution in [3.05, 3.63) is 47.8 Å². The number of rotatable bonds is 4. The van der Waals surface area contributed by atoms with E-state index in [1.807, 2.05) is 11.5 Å². The number of imidazole rings is 1. The van der Waals surface area contributed by atoms with Crippen molar-refractivity contribution in [3.63, 3.8) is 0 Å². The first-order valence-corrected chi connectivity index (χ1v) is 12.3. The normalized spacial score (nSPS) is 18.2. The van der Waals surface area contributed by atoms with Crippen molar-refractivity contribution < 1.29 is 22.3 Å². The second-order valence-corrected chi connectivity index (χ2v) is 10.2. The fraction of sp³-hybridized carbons (Fsp3) is 0.364. The second-order valence-electron chi connectivity index (χ2n) is 8.12. The Labute approximate surface area is 190 Å². The number of hydrogen-bond acceptors (Lipinski definition) is 8. The van der Waals surface area contributed by atoms with Gasteiger partial charge in [0.2, 0.25) is 5.95 Å². The van der Waals surface area contributed by atoms with Crippen LogP contribution in [0.15, 0.2) is 35.5 Å². The van der Waals surface area contributed by atoms with Crippen molar-refractivity contribution in [1.82, 2.24) is 19.5 Å². The summed E-state index contributed by atoms with van der Waals surface area (Å²) in [7, 11) is -3.47. The Morgan fingerprint density at radius 2 is 1.97 bits per heavy atom. The van der Waals surface area contributed by atoms with Gasteiger partial charge in [-0.3, -0.25) is 4.79 Å². The first kappa shape index (κ1) is 21.7. The first-order valence-electron chi connectivity index (χ1n) is 10.6. The van der Waals surface area contributed by atoms with Gasteiger partial charge in [0, 0.05) is 36.9 Å². The molecule has 0 amide bonds. The molecule has 0 unspecified atom stereocenters. The quantitative estimate of drug-likeness (QED) is 0.617. The Kier molecular flexibility index (Phi) is 5.45. The molecule has 0 aliphatic carbocycles. The van der Waals surface area contributed by atoms with Gasteiger partial charge < -0.3 is 14.6 Å². The number of nitrogens with zero attached hydrogens (tertiary/aromatic N) is 4. The molecule has 1 fully saturated rings. The van der Waals surface area contributed by atoms with Crippen LogP contribution in [0.1, 0.15) is 41.5 Å². The van der Waals surface area contributed by atoms with Crippen LogP contribution in [0.2, 0.25) is 0 Å². The Bertz CT molecular complexity index is 1350. The van der Waals surface area contributed by atoms with Crippen LogP contribution in [0.25, 0.3) is 11.4 Å². The minimum absolute atomic E-state index is 0.0286. The number of Topliss-reactive ketones (excluding diaryl/α,β-unsaturated/α-hetero) is 1. The SMILES string of the molecule is Cc1ncc(-c2nc(Nc3ccc4c(c3)C(=O)CCS4(=O)=O)ncc2F)n1C1CCOCC1. The number of anilines is 2. The van der Waals surface area contributed by atoms with Crippen LogP contribution < -0.4 is 5.32 Å². The number of ketones is 1. The minimum Gasteiger partial charge on any atom is -0.381 e. The molecule has 0 atom stereocenters. The standard InChI is InChI=1S/C22H22FN5O4S/c1-13-24-12-18(28(13)15-4-7-32-8-5-15)21-17(23)11-25-22(27-21)26-14-2-3-20-16(10-14)19(29)6-9-33(20,30)31/h2-3,10-12,15H,4-9H2,1H3,(H,25,26,27). The van der Waals surface area contributed by atoms with Crippen molar-refractivity contribution in [2.75, 3.05) is 24.3 Å². The van der Waals surface area contributed by atoms with Gasteiger partial charge in [0.1, 0.15) is 11.5 Å². The van der Waals surface area contributed by atoms with E-state index in [0.717, 1.165) is 24.9 Å². The molecule has 1 saturated heterocycles. The van der Waals surface area contributed by atoms with E-state index in [-0.39, 0.29) is 46.1 Å². The van der Waals surface area contributed by atoms with Gasteiger partial charge in [-0.05, 0) is 38.0 Å². The summed E-state index contributed by atoms with van der Waals surface area (Å²) < 4.78 is 46.7. The van der Waals surface area contributed by atoms with Crippen LogP contribution >= 0.6 is 0 Å². The van der Waals surface area contributed by atoms with Crippen LogP contribution in [0.3, 0.4) is 0 Å². The molecule has 2 aromatic heterocycles. The highest BCUT2D eigenvalue weighted by atomic mass is 32.2. The summed E-state index contributed by atoms with van der Waals surface area (Å²) >= 11 is 0. The molecule has 4 heterocycles. The number of carbonyl (C=O) groups is 1. The highest BCUT2D eigenvalue weighted by molar-refractivity contribution is 7.91. The van der Waals surface area contributed by atoms with E-state index in [2.05, 4.69) is 20.3 Å². The molecule has 2 aliphatic rings. The lowest BCUT2D eigenvalue weighted by atomic mass is 10.1. The van der Waals surface area contributed by atoms with E-state index in [1.165, 1.54) is 18.2 Å². The molecule has 11 heteroatoms. The Morgan fingerprint density at radius 3 is 2.76 bits per heavy atom. The van der Waals surface area contributed by atoms with Gasteiger partial charge in [0.05, 0.1) is 28.7 Å². The van der Waals surface area contributed by atoms with E-state index in [9.17, 15) is 17.6 Å². The van der Waals surface area contributed by atoms with Crippen molar-refractivity contribution >= 4 is 27.3 Å². The van der Waals surface area contributed by atoms with Crippen molar-refractivity contribution in [2.45, 2.75) is 37.1 Å². The van der Waals surface area contributed by atoms with Crippen LogP contribution in [-0.2, 0) is 14.6 Å². The average Bonchev–Trinajstić information content (AvgIpc) is 3.19. The summed E-state index contributed by atoms with van der Waals surface area (Å²) in [5.74, 6) is -0.120. The van der Waals surface area contributed by atoms with Gasteiger partial charge in [-0.2, -0.15) is 0 Å². The maximum absolute atomic E-state index is 14.8. The fourth-order valence-corrected chi connectivity index (χ4v) is 5.79. The van der Waals surface area contributed by atoms with Gasteiger partial charge in [0.25, 0.3) is 0 Å². The third-order valence-corrected chi connectivity index (χ3v) is 7.76. The highest BCUT2D eigenvalue weighted by Gasteiger charge is 2.29. The Hall–Kier alpha value is -3.18. The van der Waals surface area contributed by atoms with E-state index in [0.29, 0.717) is 24.6 Å². The third kappa shape index (κ3) is 4.02. The molecule has 0 spiro atoms. The zero-order valence-electron chi connectivity index (χ0n) is 17.9. The number of benzene rings is 1. The van der Waals surface area contributed by atoms with Gasteiger partial charge >= 0.3 is 0 Å². The number of ether oxygens (including phenoxy) is 1. The minimum atomic E-state index is -3.47. The van der Waals surface area contributed by atoms with Crippen LogP contribution in [0.4, 0.5) is 16.0 Å². The molecular weight excluding hydrogens is 449 g/mol. The van der Waals surface area contributed by atoms with Crippen molar-refractivity contribution in [1.29, 1.82) is 0 Å². The number of carbonyl (C=O) groups excluding carboxylic acids is 1. The predicted molar refractivity (Wildman–Crippen MR) is 118 cm³/mol. The summed E-state index contributed by atoms with van der Waals surface area (Å²) in [5.41, 5.74) is 1.23. The monoisotopic (exact) mass is 471 g/mol. The molecule has 2 aliphatic heterocycles. The third-order valence-electron chi connectivity index (χ3n) is 5.99. The lowest BCUT2D eigenvalue weighted by molar-refractivity contribution is 0.0694. The zero-order chi connectivity index (χ0) is 23.2. The summed E-state index contributed by atoms with van der Waals surface area (Å²) in [6.45, 7) is 3.14. The van der Waals surface area contributed by atoms with Gasteiger partial charge in [0.15, 0.2) is 21.4 Å². The molecular formula is C22H22FN5O4S. The molecule has 0 radical (unpaired) electrons. The number of aryl methyl sites for hydroxylation is 1. The molecule has 5 rings (SSSR count). The molecule has 1 aromatic carbocycles. The maximum Gasteiger partial charge on any atom is 0.227 e. The topological polar surface area (TPSA) is 116 Å².